The van der Waals surface area contributed by atoms with Crippen molar-refractivity contribution in [1.82, 2.24) is 4.98 Å². The molecule has 0 atom stereocenters. The molecule has 1 aromatic heterocycles. The van der Waals surface area contributed by atoms with E-state index in [9.17, 15) is 18.0 Å². The number of hydrogen-bond acceptors (Lipinski definition) is 2. The molecule has 0 saturated carbocycles. The minimum atomic E-state index is -4.79. The number of aromatic nitrogens is 1. The van der Waals surface area contributed by atoms with E-state index in [0.29, 0.717) is 5.69 Å². The van der Waals surface area contributed by atoms with Crippen LogP contribution < -0.4 is 10.2 Å². The molecule has 0 amide bonds. The summed E-state index contributed by atoms with van der Waals surface area (Å²) in [7, 11) is 0. The topological polar surface area (TPSA) is 42.1 Å². The maximum atomic E-state index is 12.3. The van der Waals surface area contributed by atoms with Gasteiger partial charge >= 0.3 is 6.36 Å². The lowest BCUT2D eigenvalue weighted by atomic mass is 10.1. The molecule has 0 saturated heterocycles. The summed E-state index contributed by atoms with van der Waals surface area (Å²) in [5.41, 5.74) is 0.303. The van der Waals surface area contributed by atoms with Crippen molar-refractivity contribution in [1.29, 1.82) is 0 Å². The van der Waals surface area contributed by atoms with Gasteiger partial charge in [-0.25, -0.2) is 0 Å². The van der Waals surface area contributed by atoms with Crippen LogP contribution in [0.4, 0.5) is 13.2 Å². The Morgan fingerprint density at radius 3 is 2.53 bits per heavy atom. The zero-order chi connectivity index (χ0) is 14.2. The number of fused-ring (bicyclic) bond motifs is 1. The highest BCUT2D eigenvalue weighted by Crippen LogP contribution is 2.28. The van der Waals surface area contributed by atoms with Gasteiger partial charge in [0.2, 0.25) is 0 Å². The van der Waals surface area contributed by atoms with E-state index in [-0.39, 0.29) is 22.2 Å². The third-order valence-electron chi connectivity index (χ3n) is 2.70. The first-order chi connectivity index (χ1) is 8.78. The SMILES string of the molecule is CC(C)c1cc(=O)c2cccc(OC(F)(F)F)c2[nH]1. The van der Waals surface area contributed by atoms with E-state index in [1.165, 1.54) is 24.3 Å². The van der Waals surface area contributed by atoms with Gasteiger partial charge in [-0.15, -0.1) is 13.2 Å². The fourth-order valence-electron chi connectivity index (χ4n) is 1.79. The third-order valence-corrected chi connectivity index (χ3v) is 2.70. The number of aromatic amines is 1. The largest absolute Gasteiger partial charge is 0.573 e. The molecule has 0 aliphatic heterocycles. The Morgan fingerprint density at radius 1 is 1.26 bits per heavy atom. The first-order valence-corrected chi connectivity index (χ1v) is 5.69. The molecular formula is C13H12F3NO2. The normalized spacial score (nSPS) is 12.1. The number of halogens is 3. The minimum absolute atomic E-state index is 0.00366. The highest BCUT2D eigenvalue weighted by Gasteiger charge is 2.32. The number of pyridine rings is 1. The fourth-order valence-corrected chi connectivity index (χ4v) is 1.79. The summed E-state index contributed by atoms with van der Waals surface area (Å²) in [6.45, 7) is 3.68. The van der Waals surface area contributed by atoms with Crippen LogP contribution in [0.3, 0.4) is 0 Å². The summed E-state index contributed by atoms with van der Waals surface area (Å²) in [5, 5.41) is 0.172. The molecular weight excluding hydrogens is 259 g/mol. The monoisotopic (exact) mass is 271 g/mol. The van der Waals surface area contributed by atoms with Gasteiger partial charge in [-0.2, -0.15) is 0 Å². The average Bonchev–Trinajstić information content (AvgIpc) is 2.27. The molecule has 1 N–H and O–H groups in total. The number of para-hydroxylation sites is 1. The molecule has 19 heavy (non-hydrogen) atoms. The van der Waals surface area contributed by atoms with E-state index in [1.807, 2.05) is 13.8 Å². The second-order valence-electron chi connectivity index (χ2n) is 4.47. The Morgan fingerprint density at radius 2 is 1.95 bits per heavy atom. The standard InChI is InChI=1S/C13H12F3NO2/c1-7(2)9-6-10(18)8-4-3-5-11(12(8)17-9)19-13(14,15)16/h3-7H,1-2H3,(H,17,18). The predicted molar refractivity (Wildman–Crippen MR) is 65.3 cm³/mol. The summed E-state index contributed by atoms with van der Waals surface area (Å²) < 4.78 is 40.9. The van der Waals surface area contributed by atoms with Crippen molar-refractivity contribution < 1.29 is 17.9 Å². The highest BCUT2D eigenvalue weighted by molar-refractivity contribution is 5.84. The Labute approximate surface area is 107 Å². The molecule has 0 fully saturated rings. The first-order valence-electron chi connectivity index (χ1n) is 5.69. The molecule has 1 aromatic carbocycles. The molecule has 6 heteroatoms. The molecule has 2 aromatic rings. The first kappa shape index (κ1) is 13.5. The van der Waals surface area contributed by atoms with E-state index >= 15 is 0 Å². The van der Waals surface area contributed by atoms with E-state index < -0.39 is 12.1 Å². The Kier molecular flexibility index (Phi) is 3.26. The number of ether oxygens (including phenoxy) is 1. The molecule has 0 aliphatic rings. The summed E-state index contributed by atoms with van der Waals surface area (Å²) in [6, 6.07) is 5.38. The summed E-state index contributed by atoms with van der Waals surface area (Å²) in [6.07, 6.45) is -4.79. The number of rotatable bonds is 2. The second kappa shape index (κ2) is 4.60. The molecule has 0 spiro atoms. The van der Waals surface area contributed by atoms with Gasteiger partial charge in [0.25, 0.3) is 0 Å². The maximum Gasteiger partial charge on any atom is 0.573 e. The van der Waals surface area contributed by atoms with Crippen LogP contribution in [0.2, 0.25) is 0 Å². The summed E-state index contributed by atoms with van der Waals surface area (Å²) >= 11 is 0. The van der Waals surface area contributed by atoms with E-state index in [2.05, 4.69) is 9.72 Å². The Bertz CT molecular complexity index is 659. The molecule has 0 radical (unpaired) electrons. The van der Waals surface area contributed by atoms with Crippen molar-refractivity contribution in [2.75, 3.05) is 0 Å². The zero-order valence-electron chi connectivity index (χ0n) is 10.3. The van der Waals surface area contributed by atoms with Gasteiger partial charge in [-0.3, -0.25) is 4.79 Å². The maximum absolute atomic E-state index is 12.3. The number of H-pyrrole nitrogens is 1. The van der Waals surface area contributed by atoms with Crippen molar-refractivity contribution in [2.24, 2.45) is 0 Å². The van der Waals surface area contributed by atoms with Gasteiger partial charge in [-0.05, 0) is 18.1 Å². The van der Waals surface area contributed by atoms with Gasteiger partial charge in [0.1, 0.15) is 0 Å². The predicted octanol–water partition coefficient (Wildman–Crippen LogP) is 3.55. The lowest BCUT2D eigenvalue weighted by Crippen LogP contribution is -2.18. The molecule has 0 unspecified atom stereocenters. The van der Waals surface area contributed by atoms with Crippen LogP contribution in [-0.4, -0.2) is 11.3 Å². The van der Waals surface area contributed by atoms with Crippen molar-refractivity contribution in [2.45, 2.75) is 26.1 Å². The summed E-state index contributed by atoms with van der Waals surface area (Å²) in [5.74, 6) is -0.402. The van der Waals surface area contributed by atoms with Crippen LogP contribution in [0.15, 0.2) is 29.1 Å². The third kappa shape index (κ3) is 2.89. The van der Waals surface area contributed by atoms with Crippen LogP contribution in [-0.2, 0) is 0 Å². The van der Waals surface area contributed by atoms with Gasteiger partial charge in [0.15, 0.2) is 11.2 Å². The fraction of sp³-hybridized carbons (Fsp3) is 0.308. The van der Waals surface area contributed by atoms with Crippen LogP contribution in [0.25, 0.3) is 10.9 Å². The van der Waals surface area contributed by atoms with Crippen LogP contribution in [0, 0.1) is 0 Å². The van der Waals surface area contributed by atoms with Crippen molar-refractivity contribution in [3.63, 3.8) is 0 Å². The van der Waals surface area contributed by atoms with Crippen LogP contribution in [0.1, 0.15) is 25.5 Å². The number of benzene rings is 1. The van der Waals surface area contributed by atoms with Gasteiger partial charge in [0, 0.05) is 17.1 Å². The molecule has 3 nitrogen and oxygen atoms in total. The minimum Gasteiger partial charge on any atom is -0.404 e. The van der Waals surface area contributed by atoms with E-state index in [1.54, 1.807) is 0 Å². The summed E-state index contributed by atoms with van der Waals surface area (Å²) in [4.78, 5) is 14.7. The lowest BCUT2D eigenvalue weighted by molar-refractivity contribution is -0.274. The van der Waals surface area contributed by atoms with Crippen LogP contribution in [0.5, 0.6) is 5.75 Å². The molecule has 102 valence electrons. The quantitative estimate of drug-likeness (QED) is 0.907. The molecule has 1 heterocycles. The zero-order valence-corrected chi connectivity index (χ0v) is 10.3. The molecule has 0 bridgehead atoms. The molecule has 2 rings (SSSR count). The number of hydrogen-bond donors (Lipinski definition) is 1. The Hall–Kier alpha value is -1.98. The van der Waals surface area contributed by atoms with Gasteiger partial charge in [-0.1, -0.05) is 19.9 Å². The average molecular weight is 271 g/mol. The van der Waals surface area contributed by atoms with Crippen molar-refractivity contribution in [3.8, 4) is 5.75 Å². The van der Waals surface area contributed by atoms with Crippen molar-refractivity contribution in [3.05, 3.63) is 40.2 Å². The number of alkyl halides is 3. The van der Waals surface area contributed by atoms with Crippen molar-refractivity contribution >= 4 is 10.9 Å². The van der Waals surface area contributed by atoms with E-state index in [4.69, 9.17) is 0 Å². The molecule has 0 aliphatic carbocycles. The van der Waals surface area contributed by atoms with Gasteiger partial charge < -0.3 is 9.72 Å². The van der Waals surface area contributed by atoms with E-state index in [0.717, 1.165) is 0 Å². The highest BCUT2D eigenvalue weighted by atomic mass is 19.4. The second-order valence-corrected chi connectivity index (χ2v) is 4.47. The lowest BCUT2D eigenvalue weighted by Gasteiger charge is -2.13. The van der Waals surface area contributed by atoms with Crippen LogP contribution >= 0.6 is 0 Å². The van der Waals surface area contributed by atoms with Gasteiger partial charge in [0.05, 0.1) is 5.52 Å². The number of nitrogens with one attached hydrogen (secondary N) is 1. The Balaban J connectivity index is 2.69. The smallest absolute Gasteiger partial charge is 0.404 e.